The van der Waals surface area contributed by atoms with E-state index in [0.29, 0.717) is 27.8 Å². The van der Waals surface area contributed by atoms with Gasteiger partial charge in [0.15, 0.2) is 5.58 Å². The van der Waals surface area contributed by atoms with Crippen molar-refractivity contribution in [1.82, 2.24) is 4.57 Å². The number of nitrogen functional groups attached to an aromatic ring is 1. The number of hydrogen-bond donors (Lipinski definition) is 1. The van der Waals surface area contributed by atoms with E-state index in [-0.39, 0.29) is 5.82 Å². The van der Waals surface area contributed by atoms with Gasteiger partial charge in [-0.2, -0.15) is 0 Å². The van der Waals surface area contributed by atoms with Gasteiger partial charge in [-0.3, -0.25) is 4.57 Å². The van der Waals surface area contributed by atoms with Gasteiger partial charge in [0.2, 0.25) is 0 Å². The highest BCUT2D eigenvalue weighted by Crippen LogP contribution is 2.20. The Morgan fingerprint density at radius 1 is 1.25 bits per heavy atom. The highest BCUT2D eigenvalue weighted by molar-refractivity contribution is 9.10. The summed E-state index contributed by atoms with van der Waals surface area (Å²) in [4.78, 5) is 11.9. The fourth-order valence-corrected chi connectivity index (χ4v) is 2.48. The van der Waals surface area contributed by atoms with Crippen molar-refractivity contribution in [1.29, 1.82) is 0 Å². The number of benzene rings is 2. The summed E-state index contributed by atoms with van der Waals surface area (Å²) in [7, 11) is 0. The van der Waals surface area contributed by atoms with Gasteiger partial charge < -0.3 is 10.2 Å². The minimum atomic E-state index is -0.467. The summed E-state index contributed by atoms with van der Waals surface area (Å²) >= 11 is 3.13. The van der Waals surface area contributed by atoms with Crippen LogP contribution in [0.1, 0.15) is 5.56 Å². The third-order valence-corrected chi connectivity index (χ3v) is 3.62. The average molecular weight is 337 g/mol. The molecule has 0 saturated carbocycles. The van der Waals surface area contributed by atoms with E-state index in [4.69, 9.17) is 10.2 Å². The second kappa shape index (κ2) is 4.79. The highest BCUT2D eigenvalue weighted by atomic mass is 79.9. The van der Waals surface area contributed by atoms with Crippen molar-refractivity contribution < 1.29 is 8.81 Å². The summed E-state index contributed by atoms with van der Waals surface area (Å²) < 4.78 is 20.2. The molecule has 4 nitrogen and oxygen atoms in total. The van der Waals surface area contributed by atoms with Crippen LogP contribution in [0, 0.1) is 5.82 Å². The molecule has 20 heavy (non-hydrogen) atoms. The maximum absolute atomic E-state index is 13.2. The molecule has 0 unspecified atom stereocenters. The van der Waals surface area contributed by atoms with E-state index in [1.165, 1.54) is 10.6 Å². The SMILES string of the molecule is Nc1ccc2c(c1)oc(=O)n2Cc1ccc(F)c(Br)c1. The molecule has 3 rings (SSSR count). The largest absolute Gasteiger partial charge is 0.420 e. The first-order chi connectivity index (χ1) is 9.54. The van der Waals surface area contributed by atoms with E-state index in [1.807, 2.05) is 0 Å². The molecule has 0 aliphatic rings. The second-order valence-electron chi connectivity index (χ2n) is 4.43. The van der Waals surface area contributed by atoms with Crippen LogP contribution < -0.4 is 11.5 Å². The van der Waals surface area contributed by atoms with Crippen LogP contribution >= 0.6 is 15.9 Å². The smallest absolute Gasteiger partial charge is 0.408 e. The normalized spacial score (nSPS) is 11.1. The Hall–Kier alpha value is -2.08. The predicted molar refractivity (Wildman–Crippen MR) is 78.1 cm³/mol. The first-order valence-electron chi connectivity index (χ1n) is 5.87. The molecule has 3 aromatic rings. The molecule has 0 aliphatic carbocycles. The molecule has 2 N–H and O–H groups in total. The Balaban J connectivity index is 2.08. The predicted octanol–water partition coefficient (Wildman–Crippen LogP) is 3.13. The lowest BCUT2D eigenvalue weighted by Crippen LogP contribution is -2.14. The maximum Gasteiger partial charge on any atom is 0.420 e. The summed E-state index contributed by atoms with van der Waals surface area (Å²) in [5.74, 6) is -0.808. The Bertz CT molecular complexity index is 854. The van der Waals surface area contributed by atoms with Gasteiger partial charge in [0.05, 0.1) is 16.5 Å². The van der Waals surface area contributed by atoms with Crippen molar-refractivity contribution in [2.75, 3.05) is 5.73 Å². The van der Waals surface area contributed by atoms with E-state index in [9.17, 15) is 9.18 Å². The number of anilines is 1. The summed E-state index contributed by atoms with van der Waals surface area (Å²) in [6, 6.07) is 9.65. The number of hydrogen-bond acceptors (Lipinski definition) is 3. The van der Waals surface area contributed by atoms with E-state index in [2.05, 4.69) is 15.9 Å². The van der Waals surface area contributed by atoms with Crippen LogP contribution in [0.25, 0.3) is 11.1 Å². The number of fused-ring (bicyclic) bond motifs is 1. The zero-order valence-corrected chi connectivity index (χ0v) is 11.9. The van der Waals surface area contributed by atoms with Gasteiger partial charge in [-0.1, -0.05) is 6.07 Å². The van der Waals surface area contributed by atoms with Gasteiger partial charge in [0.1, 0.15) is 5.82 Å². The van der Waals surface area contributed by atoms with Crippen molar-refractivity contribution in [3.63, 3.8) is 0 Å². The molecule has 6 heteroatoms. The van der Waals surface area contributed by atoms with Gasteiger partial charge in [0, 0.05) is 11.8 Å². The summed E-state index contributed by atoms with van der Waals surface area (Å²) in [5, 5.41) is 0. The molecule has 2 aromatic carbocycles. The minimum absolute atomic E-state index is 0.300. The molecular formula is C14H10BrFN2O2. The Kier molecular flexibility index (Phi) is 3.10. The lowest BCUT2D eigenvalue weighted by atomic mass is 10.2. The lowest BCUT2D eigenvalue weighted by Gasteiger charge is -2.04. The maximum atomic E-state index is 13.2. The Labute approximate surface area is 121 Å². The van der Waals surface area contributed by atoms with Crippen LogP contribution in [0.2, 0.25) is 0 Å². The Morgan fingerprint density at radius 2 is 2.05 bits per heavy atom. The van der Waals surface area contributed by atoms with Gasteiger partial charge >= 0.3 is 5.76 Å². The molecule has 1 aromatic heterocycles. The topological polar surface area (TPSA) is 61.2 Å². The number of halogens is 2. The molecule has 0 fully saturated rings. The number of aromatic nitrogens is 1. The van der Waals surface area contributed by atoms with Crippen molar-refractivity contribution >= 4 is 32.7 Å². The summed E-state index contributed by atoms with van der Waals surface area (Å²) in [5.41, 5.74) is 8.07. The Morgan fingerprint density at radius 3 is 2.80 bits per heavy atom. The van der Waals surface area contributed by atoms with Crippen molar-refractivity contribution in [3.05, 3.63) is 62.8 Å². The standard InChI is InChI=1S/C14H10BrFN2O2/c15-10-5-8(1-3-11(10)16)7-18-12-4-2-9(17)6-13(12)20-14(18)19/h1-6H,7,17H2. The quantitative estimate of drug-likeness (QED) is 0.731. The minimum Gasteiger partial charge on any atom is -0.408 e. The molecule has 0 radical (unpaired) electrons. The van der Waals surface area contributed by atoms with E-state index in [0.717, 1.165) is 5.56 Å². The third kappa shape index (κ3) is 2.22. The van der Waals surface area contributed by atoms with Crippen LogP contribution in [-0.2, 0) is 6.54 Å². The fraction of sp³-hybridized carbons (Fsp3) is 0.0714. The molecule has 102 valence electrons. The van der Waals surface area contributed by atoms with Crippen LogP contribution in [0.5, 0.6) is 0 Å². The average Bonchev–Trinajstić information content (AvgIpc) is 2.69. The number of oxazole rings is 1. The van der Waals surface area contributed by atoms with E-state index >= 15 is 0 Å². The highest BCUT2D eigenvalue weighted by Gasteiger charge is 2.10. The van der Waals surface area contributed by atoms with Crippen molar-refractivity contribution in [2.24, 2.45) is 0 Å². The number of nitrogens with zero attached hydrogens (tertiary/aromatic N) is 1. The molecule has 0 saturated heterocycles. The van der Waals surface area contributed by atoms with E-state index < -0.39 is 5.76 Å². The van der Waals surface area contributed by atoms with Crippen LogP contribution in [0.4, 0.5) is 10.1 Å². The van der Waals surface area contributed by atoms with Crippen molar-refractivity contribution in [2.45, 2.75) is 6.54 Å². The lowest BCUT2D eigenvalue weighted by molar-refractivity contribution is 0.517. The molecule has 1 heterocycles. The first kappa shape index (κ1) is 12.9. The zero-order valence-electron chi connectivity index (χ0n) is 10.3. The van der Waals surface area contributed by atoms with Crippen LogP contribution in [0.15, 0.2) is 50.1 Å². The molecular weight excluding hydrogens is 327 g/mol. The number of rotatable bonds is 2. The first-order valence-corrected chi connectivity index (χ1v) is 6.67. The van der Waals surface area contributed by atoms with Gasteiger partial charge in [0.25, 0.3) is 0 Å². The van der Waals surface area contributed by atoms with Crippen LogP contribution in [-0.4, -0.2) is 4.57 Å². The van der Waals surface area contributed by atoms with Gasteiger partial charge in [-0.05, 0) is 45.8 Å². The number of nitrogens with two attached hydrogens (primary N) is 1. The van der Waals surface area contributed by atoms with Gasteiger partial charge in [-0.15, -0.1) is 0 Å². The molecule has 0 aliphatic heterocycles. The fourth-order valence-electron chi connectivity index (χ4n) is 2.05. The van der Waals surface area contributed by atoms with Crippen molar-refractivity contribution in [3.8, 4) is 0 Å². The molecule has 0 bridgehead atoms. The summed E-state index contributed by atoms with van der Waals surface area (Å²) in [6.45, 7) is 0.300. The molecule has 0 spiro atoms. The molecule has 0 amide bonds. The van der Waals surface area contributed by atoms with E-state index in [1.54, 1.807) is 30.3 Å². The van der Waals surface area contributed by atoms with Gasteiger partial charge in [-0.25, -0.2) is 9.18 Å². The third-order valence-electron chi connectivity index (χ3n) is 3.02. The second-order valence-corrected chi connectivity index (χ2v) is 5.28. The zero-order chi connectivity index (χ0) is 14.3. The monoisotopic (exact) mass is 336 g/mol. The van der Waals surface area contributed by atoms with Crippen LogP contribution in [0.3, 0.4) is 0 Å². The summed E-state index contributed by atoms with van der Waals surface area (Å²) in [6.07, 6.45) is 0. The molecule has 0 atom stereocenters.